The Bertz CT molecular complexity index is 501. The molecule has 0 aliphatic heterocycles. The van der Waals surface area contributed by atoms with E-state index in [0.717, 1.165) is 5.69 Å². The van der Waals surface area contributed by atoms with Crippen molar-refractivity contribution >= 4 is 26.4 Å². The molecule has 9 nitrogen and oxygen atoms in total. The summed E-state index contributed by atoms with van der Waals surface area (Å²) in [4.78, 5) is 10.7. The van der Waals surface area contributed by atoms with Crippen LogP contribution in [0.4, 0.5) is 0 Å². The highest BCUT2D eigenvalue weighted by Gasteiger charge is 2.03. The number of halogens is 1. The Labute approximate surface area is 174 Å². The molecule has 156 valence electrons. The highest BCUT2D eigenvalue weighted by molar-refractivity contribution is 14.1. The molecular weight excluding hydrogens is 469 g/mol. The molecule has 0 bridgehead atoms. The molecule has 10 heteroatoms. The van der Waals surface area contributed by atoms with Gasteiger partial charge in [-0.15, -0.1) is 5.10 Å². The lowest BCUT2D eigenvalue weighted by Gasteiger charge is -2.07. The SMILES string of the molecule is CC(C)n1cc(COCCOCCOCCOCCOCCC(=O)I)nn1. The predicted octanol–water partition coefficient (Wildman–Crippen LogP) is 1.79. The summed E-state index contributed by atoms with van der Waals surface area (Å²) in [6.07, 6.45) is 2.33. The number of aromatic nitrogens is 3. The zero-order valence-corrected chi connectivity index (χ0v) is 18.3. The Kier molecular flexibility index (Phi) is 14.7. The zero-order valence-electron chi connectivity index (χ0n) is 16.1. The lowest BCUT2D eigenvalue weighted by molar-refractivity contribution is -0.110. The molecule has 1 heterocycles. The van der Waals surface area contributed by atoms with E-state index in [4.69, 9.17) is 23.7 Å². The van der Waals surface area contributed by atoms with Crippen LogP contribution in [0.1, 0.15) is 32.0 Å². The van der Waals surface area contributed by atoms with Gasteiger partial charge in [-0.25, -0.2) is 4.68 Å². The Balaban J connectivity index is 1.77. The van der Waals surface area contributed by atoms with E-state index in [1.54, 1.807) is 27.3 Å². The maximum atomic E-state index is 10.7. The van der Waals surface area contributed by atoms with Crippen LogP contribution in [0.15, 0.2) is 6.20 Å². The second-order valence-corrected chi connectivity index (χ2v) is 7.09. The minimum Gasteiger partial charge on any atom is -0.379 e. The van der Waals surface area contributed by atoms with Crippen molar-refractivity contribution in [1.29, 1.82) is 0 Å². The number of nitrogens with zero attached hydrogens (tertiary/aromatic N) is 3. The molecule has 0 aliphatic carbocycles. The Morgan fingerprint density at radius 3 is 1.85 bits per heavy atom. The van der Waals surface area contributed by atoms with Crippen molar-refractivity contribution in [3.05, 3.63) is 11.9 Å². The third kappa shape index (κ3) is 14.1. The van der Waals surface area contributed by atoms with Gasteiger partial charge in [0.1, 0.15) is 5.69 Å². The Hall–Kier alpha value is -0.660. The maximum Gasteiger partial charge on any atom is 0.194 e. The van der Waals surface area contributed by atoms with E-state index >= 15 is 0 Å². The molecule has 1 aromatic rings. The van der Waals surface area contributed by atoms with E-state index in [1.807, 2.05) is 20.0 Å². The van der Waals surface area contributed by atoms with Crippen LogP contribution in [0.3, 0.4) is 0 Å². The summed E-state index contributed by atoms with van der Waals surface area (Å²) in [6, 6.07) is 0.297. The zero-order chi connectivity index (χ0) is 19.7. The third-order valence-corrected chi connectivity index (χ3v) is 3.81. The van der Waals surface area contributed by atoms with Gasteiger partial charge < -0.3 is 23.7 Å². The molecule has 0 radical (unpaired) electrons. The minimum absolute atomic E-state index is 0.103. The fraction of sp³-hybridized carbons (Fsp3) is 0.824. The molecule has 0 unspecified atom stereocenters. The number of hydrogen-bond acceptors (Lipinski definition) is 8. The summed E-state index contributed by atoms with van der Waals surface area (Å²) in [7, 11) is 0. The molecule has 0 N–H and O–H groups in total. The number of hydrogen-bond donors (Lipinski definition) is 0. The quantitative estimate of drug-likeness (QED) is 0.172. The molecule has 0 aromatic carbocycles. The number of ether oxygens (including phenoxy) is 5. The van der Waals surface area contributed by atoms with Gasteiger partial charge in [0.25, 0.3) is 0 Å². The molecule has 0 saturated heterocycles. The van der Waals surface area contributed by atoms with Crippen LogP contribution < -0.4 is 0 Å². The van der Waals surface area contributed by atoms with Gasteiger partial charge in [-0.3, -0.25) is 4.79 Å². The van der Waals surface area contributed by atoms with Gasteiger partial charge in [-0.05, 0) is 36.4 Å². The topological polar surface area (TPSA) is 93.9 Å². The average Bonchev–Trinajstić information content (AvgIpc) is 3.10. The van der Waals surface area contributed by atoms with Crippen LogP contribution in [-0.4, -0.2) is 78.2 Å². The highest BCUT2D eigenvalue weighted by atomic mass is 127. The Morgan fingerprint density at radius 2 is 1.41 bits per heavy atom. The molecular formula is C17H30IN3O6. The van der Waals surface area contributed by atoms with Crippen LogP contribution in [0.2, 0.25) is 0 Å². The van der Waals surface area contributed by atoms with E-state index in [9.17, 15) is 4.79 Å². The molecule has 0 aliphatic rings. The molecule has 1 rings (SSSR count). The van der Waals surface area contributed by atoms with Gasteiger partial charge in [0, 0.05) is 12.5 Å². The molecule has 0 spiro atoms. The Morgan fingerprint density at radius 1 is 0.926 bits per heavy atom. The van der Waals surface area contributed by atoms with Crippen LogP contribution in [0, 0.1) is 0 Å². The maximum absolute atomic E-state index is 10.7. The summed E-state index contributed by atoms with van der Waals surface area (Å²) in [5, 5.41) is 8.06. The first kappa shape index (κ1) is 24.4. The van der Waals surface area contributed by atoms with E-state index in [1.165, 1.54) is 0 Å². The van der Waals surface area contributed by atoms with Gasteiger partial charge in [0.05, 0.1) is 72.3 Å². The average molecular weight is 499 g/mol. The molecule has 0 saturated carbocycles. The molecule has 27 heavy (non-hydrogen) atoms. The van der Waals surface area contributed by atoms with Crippen LogP contribution in [-0.2, 0) is 35.1 Å². The van der Waals surface area contributed by atoms with Crippen molar-refractivity contribution in [3.63, 3.8) is 0 Å². The molecule has 0 atom stereocenters. The summed E-state index contributed by atoms with van der Waals surface area (Å²) in [6.45, 7) is 9.02. The summed E-state index contributed by atoms with van der Waals surface area (Å²) >= 11 is 1.76. The fourth-order valence-electron chi connectivity index (χ4n) is 1.84. The van der Waals surface area contributed by atoms with E-state index in [2.05, 4.69) is 10.3 Å². The van der Waals surface area contributed by atoms with Gasteiger partial charge >= 0.3 is 0 Å². The van der Waals surface area contributed by atoms with Gasteiger partial charge in [-0.1, -0.05) is 5.21 Å². The van der Waals surface area contributed by atoms with Crippen molar-refractivity contribution in [3.8, 4) is 0 Å². The summed E-state index contributed by atoms with van der Waals surface area (Å²) in [5.74, 6) is 0. The van der Waals surface area contributed by atoms with E-state index < -0.39 is 0 Å². The summed E-state index contributed by atoms with van der Waals surface area (Å²) < 4.78 is 28.8. The van der Waals surface area contributed by atoms with Crippen molar-refractivity contribution in [2.75, 3.05) is 59.5 Å². The second kappa shape index (κ2) is 16.3. The van der Waals surface area contributed by atoms with Gasteiger partial charge in [0.2, 0.25) is 0 Å². The van der Waals surface area contributed by atoms with E-state index in [0.29, 0.717) is 78.5 Å². The lowest BCUT2D eigenvalue weighted by Crippen LogP contribution is -2.13. The fourth-order valence-corrected chi connectivity index (χ4v) is 2.06. The first-order chi connectivity index (χ1) is 13.1. The lowest BCUT2D eigenvalue weighted by atomic mass is 10.4. The van der Waals surface area contributed by atoms with Crippen LogP contribution in [0.25, 0.3) is 0 Å². The molecule has 0 amide bonds. The number of rotatable bonds is 18. The minimum atomic E-state index is 0.103. The van der Waals surface area contributed by atoms with Crippen LogP contribution >= 0.6 is 22.6 Å². The highest BCUT2D eigenvalue weighted by Crippen LogP contribution is 2.03. The standard InChI is InChI=1S/C17H30IN3O6/c1-15(2)21-13-16(19-20-21)14-27-12-11-26-10-9-25-8-7-24-6-5-23-4-3-17(18)22/h13,15H,3-12,14H2,1-2H3. The smallest absolute Gasteiger partial charge is 0.194 e. The molecule has 0 fully saturated rings. The third-order valence-electron chi connectivity index (χ3n) is 3.27. The van der Waals surface area contributed by atoms with Gasteiger partial charge in [-0.2, -0.15) is 0 Å². The van der Waals surface area contributed by atoms with Crippen molar-refractivity contribution in [1.82, 2.24) is 15.0 Å². The normalized spacial score (nSPS) is 11.4. The first-order valence-electron chi connectivity index (χ1n) is 9.07. The second-order valence-electron chi connectivity index (χ2n) is 5.89. The van der Waals surface area contributed by atoms with Crippen LogP contribution in [0.5, 0.6) is 0 Å². The first-order valence-corrected chi connectivity index (χ1v) is 10.1. The largest absolute Gasteiger partial charge is 0.379 e. The van der Waals surface area contributed by atoms with Crippen molar-refractivity contribution < 1.29 is 28.5 Å². The van der Waals surface area contributed by atoms with Crippen molar-refractivity contribution in [2.24, 2.45) is 0 Å². The number of carbonyl (C=O) groups excluding carboxylic acids is 1. The van der Waals surface area contributed by atoms with Crippen molar-refractivity contribution in [2.45, 2.75) is 32.9 Å². The predicted molar refractivity (Wildman–Crippen MR) is 107 cm³/mol. The van der Waals surface area contributed by atoms with E-state index in [-0.39, 0.29) is 3.79 Å². The van der Waals surface area contributed by atoms with Gasteiger partial charge in [0.15, 0.2) is 3.79 Å². The monoisotopic (exact) mass is 499 g/mol. The molecule has 1 aromatic heterocycles. The number of carbonyl (C=O) groups is 1. The summed E-state index contributed by atoms with van der Waals surface area (Å²) in [5.41, 5.74) is 0.816.